The van der Waals surface area contributed by atoms with Crippen molar-refractivity contribution in [3.05, 3.63) is 59.4 Å². The number of benzene rings is 2. The molecule has 0 radical (unpaired) electrons. The lowest BCUT2D eigenvalue weighted by atomic mass is 9.77. The number of hydrogen-bond donors (Lipinski definition) is 0. The lowest BCUT2D eigenvalue weighted by Crippen LogP contribution is -2.14. The summed E-state index contributed by atoms with van der Waals surface area (Å²) < 4.78 is 15.8. The normalized spacial score (nSPS) is 24.3. The zero-order valence-electron chi connectivity index (χ0n) is 23.4. The van der Waals surface area contributed by atoms with Crippen molar-refractivity contribution in [3.8, 4) is 11.1 Å². The summed E-state index contributed by atoms with van der Waals surface area (Å²) >= 11 is 4.20. The third-order valence-electron chi connectivity index (χ3n) is 8.70. The number of thioether (sulfide) groups is 2. The van der Waals surface area contributed by atoms with Crippen molar-refractivity contribution in [1.29, 1.82) is 0 Å². The third kappa shape index (κ3) is 8.79. The topological polar surface area (TPSA) is 0 Å². The highest BCUT2D eigenvalue weighted by Crippen LogP contribution is 2.47. The van der Waals surface area contributed by atoms with E-state index in [1.54, 1.807) is 0 Å². The van der Waals surface area contributed by atoms with E-state index in [4.69, 9.17) is 0 Å². The van der Waals surface area contributed by atoms with E-state index in [-0.39, 0.29) is 5.82 Å². The molecule has 0 aromatic heterocycles. The van der Waals surface area contributed by atoms with E-state index in [1.165, 1.54) is 113 Å². The monoisotopic (exact) mass is 540 g/mol. The van der Waals surface area contributed by atoms with Crippen molar-refractivity contribution in [3.63, 3.8) is 0 Å². The van der Waals surface area contributed by atoms with E-state index in [2.05, 4.69) is 67.7 Å². The predicted molar refractivity (Wildman–Crippen MR) is 165 cm³/mol. The molecular formula is C34H49FS2. The first-order valence-electron chi connectivity index (χ1n) is 15.3. The molecule has 2 aromatic rings. The Labute approximate surface area is 235 Å². The van der Waals surface area contributed by atoms with Gasteiger partial charge in [0.05, 0.1) is 4.58 Å². The molecule has 1 saturated heterocycles. The number of unbranched alkanes of at least 4 members (excludes halogenated alkanes) is 6. The second kappa shape index (κ2) is 15.6. The van der Waals surface area contributed by atoms with Crippen LogP contribution in [0.2, 0.25) is 0 Å². The Morgan fingerprint density at radius 3 is 1.95 bits per heavy atom. The van der Waals surface area contributed by atoms with Gasteiger partial charge in [-0.05, 0) is 84.1 Å². The lowest BCUT2D eigenvalue weighted by Gasteiger charge is -2.29. The van der Waals surface area contributed by atoms with Crippen molar-refractivity contribution in [1.82, 2.24) is 0 Å². The minimum atomic E-state index is -0.0559. The van der Waals surface area contributed by atoms with E-state index < -0.39 is 0 Å². The van der Waals surface area contributed by atoms with E-state index in [0.717, 1.165) is 23.0 Å². The second-order valence-corrected chi connectivity index (χ2v) is 14.2. The first-order chi connectivity index (χ1) is 18.2. The van der Waals surface area contributed by atoms with Crippen LogP contribution in [0.25, 0.3) is 11.1 Å². The van der Waals surface area contributed by atoms with Crippen LogP contribution < -0.4 is 0 Å². The summed E-state index contributed by atoms with van der Waals surface area (Å²) in [5.41, 5.74) is 4.34. The van der Waals surface area contributed by atoms with Gasteiger partial charge in [-0.25, -0.2) is 4.39 Å². The second-order valence-electron chi connectivity index (χ2n) is 11.6. The molecule has 0 amide bonds. The summed E-state index contributed by atoms with van der Waals surface area (Å²) in [5.74, 6) is 4.80. The van der Waals surface area contributed by atoms with E-state index in [1.807, 2.05) is 12.1 Å². The summed E-state index contributed by atoms with van der Waals surface area (Å²) in [6, 6.07) is 14.8. The molecule has 1 aliphatic carbocycles. The van der Waals surface area contributed by atoms with Crippen molar-refractivity contribution < 1.29 is 4.39 Å². The van der Waals surface area contributed by atoms with Crippen molar-refractivity contribution in [2.45, 2.75) is 114 Å². The molecule has 0 atom stereocenters. The van der Waals surface area contributed by atoms with Crippen LogP contribution in [0.3, 0.4) is 0 Å². The van der Waals surface area contributed by atoms with Crippen molar-refractivity contribution >= 4 is 23.5 Å². The van der Waals surface area contributed by atoms with Gasteiger partial charge in [0.15, 0.2) is 0 Å². The molecule has 37 heavy (non-hydrogen) atoms. The molecule has 0 spiro atoms. The van der Waals surface area contributed by atoms with Crippen LogP contribution in [-0.4, -0.2) is 11.5 Å². The van der Waals surface area contributed by atoms with Gasteiger partial charge < -0.3 is 0 Å². The van der Waals surface area contributed by atoms with E-state index >= 15 is 4.39 Å². The van der Waals surface area contributed by atoms with Gasteiger partial charge in [-0.15, -0.1) is 23.5 Å². The maximum absolute atomic E-state index is 15.3. The molecule has 4 rings (SSSR count). The highest BCUT2D eigenvalue weighted by atomic mass is 32.2. The van der Waals surface area contributed by atoms with Gasteiger partial charge in [0.1, 0.15) is 5.82 Å². The fourth-order valence-electron chi connectivity index (χ4n) is 6.25. The fraction of sp³-hybridized carbons (Fsp3) is 0.647. The largest absolute Gasteiger partial charge is 0.206 e. The lowest BCUT2D eigenvalue weighted by molar-refractivity contribution is 0.301. The predicted octanol–water partition coefficient (Wildman–Crippen LogP) is 11.8. The standard InChI is InChI=1S/C34H49FS2/c1-3-5-7-8-10-11-26-13-15-28(16-14-26)31-21-22-32(33(35)23-31)29-17-19-30(20-18-29)34-36-24-27(25-37-34)12-9-6-4-2/h17-23,26-28,34H,3-16,24-25H2,1-2H3. The van der Waals surface area contributed by atoms with Crippen LogP contribution in [0.4, 0.5) is 4.39 Å². The first-order valence-corrected chi connectivity index (χ1v) is 17.4. The van der Waals surface area contributed by atoms with Crippen molar-refractivity contribution in [2.24, 2.45) is 11.8 Å². The third-order valence-corrected chi connectivity index (χ3v) is 12.0. The van der Waals surface area contributed by atoms with Gasteiger partial charge in [-0.3, -0.25) is 0 Å². The molecular weight excluding hydrogens is 492 g/mol. The van der Waals surface area contributed by atoms with Crippen LogP contribution >= 0.6 is 23.5 Å². The average Bonchev–Trinajstić information content (AvgIpc) is 2.94. The Bertz CT molecular complexity index is 908. The Morgan fingerprint density at radius 1 is 0.676 bits per heavy atom. The highest BCUT2D eigenvalue weighted by Gasteiger charge is 2.24. The maximum atomic E-state index is 15.3. The van der Waals surface area contributed by atoms with Crippen LogP contribution in [0.5, 0.6) is 0 Å². The van der Waals surface area contributed by atoms with Crippen molar-refractivity contribution in [2.75, 3.05) is 11.5 Å². The molecule has 0 N–H and O–H groups in total. The average molecular weight is 541 g/mol. The molecule has 2 aromatic carbocycles. The molecule has 1 saturated carbocycles. The van der Waals surface area contributed by atoms with E-state index in [0.29, 0.717) is 10.5 Å². The van der Waals surface area contributed by atoms with Crippen LogP contribution in [0, 0.1) is 17.7 Å². The van der Waals surface area contributed by atoms with Gasteiger partial charge in [0.25, 0.3) is 0 Å². The smallest absolute Gasteiger partial charge is 0.131 e. The van der Waals surface area contributed by atoms with Crippen LogP contribution in [0.1, 0.15) is 125 Å². The molecule has 0 nitrogen and oxygen atoms in total. The van der Waals surface area contributed by atoms with Gasteiger partial charge in [-0.2, -0.15) is 0 Å². The molecule has 2 aliphatic rings. The Morgan fingerprint density at radius 2 is 1.27 bits per heavy atom. The Kier molecular flexibility index (Phi) is 12.3. The summed E-state index contributed by atoms with van der Waals surface area (Å²) in [6.07, 6.45) is 18.8. The first kappa shape index (κ1) is 29.1. The van der Waals surface area contributed by atoms with Gasteiger partial charge in [0, 0.05) is 5.56 Å². The van der Waals surface area contributed by atoms with Gasteiger partial charge in [0.2, 0.25) is 0 Å². The number of rotatable bonds is 13. The summed E-state index contributed by atoms with van der Waals surface area (Å²) in [5, 5.41) is 0. The molecule has 1 heterocycles. The molecule has 0 unspecified atom stereocenters. The summed E-state index contributed by atoms with van der Waals surface area (Å²) in [6.45, 7) is 4.57. The quantitative estimate of drug-likeness (QED) is 0.232. The minimum absolute atomic E-state index is 0.0559. The highest BCUT2D eigenvalue weighted by molar-refractivity contribution is 8.16. The Hall–Kier alpha value is -0.930. The number of halogens is 1. The zero-order valence-corrected chi connectivity index (χ0v) is 25.0. The molecule has 1 aliphatic heterocycles. The molecule has 204 valence electrons. The molecule has 3 heteroatoms. The van der Waals surface area contributed by atoms with Gasteiger partial charge >= 0.3 is 0 Å². The summed E-state index contributed by atoms with van der Waals surface area (Å²) in [4.78, 5) is 0. The Balaban J connectivity index is 1.26. The van der Waals surface area contributed by atoms with Crippen LogP contribution in [-0.2, 0) is 0 Å². The fourth-order valence-corrected chi connectivity index (χ4v) is 9.41. The minimum Gasteiger partial charge on any atom is -0.206 e. The SMILES string of the molecule is CCCCCCCC1CCC(c2ccc(-c3ccc(C4SCC(CCCCC)CS4)cc3)c(F)c2)CC1. The van der Waals surface area contributed by atoms with Gasteiger partial charge in [-0.1, -0.05) is 108 Å². The van der Waals surface area contributed by atoms with E-state index in [9.17, 15) is 0 Å². The number of hydrogen-bond acceptors (Lipinski definition) is 2. The summed E-state index contributed by atoms with van der Waals surface area (Å²) in [7, 11) is 0. The van der Waals surface area contributed by atoms with Crippen LogP contribution in [0.15, 0.2) is 42.5 Å². The maximum Gasteiger partial charge on any atom is 0.131 e. The molecule has 0 bridgehead atoms. The zero-order chi connectivity index (χ0) is 25.9. The molecule has 2 fully saturated rings.